The van der Waals surface area contributed by atoms with Crippen LogP contribution in [0.5, 0.6) is 0 Å². The number of quaternary nitrogens is 1. The Hall–Kier alpha value is -3.53. The van der Waals surface area contributed by atoms with Crippen LogP contribution in [0.2, 0.25) is 0 Å². The van der Waals surface area contributed by atoms with Crippen LogP contribution >= 0.6 is 0 Å². The average Bonchev–Trinajstić information content (AvgIpc) is 2.99. The van der Waals surface area contributed by atoms with Gasteiger partial charge < -0.3 is 9.59 Å². The molecular weight excluding hydrogens is 476 g/mol. The molecule has 3 nitrogen and oxygen atoms in total. The van der Waals surface area contributed by atoms with E-state index >= 15 is 0 Å². The summed E-state index contributed by atoms with van der Waals surface area (Å²) in [4.78, 5) is 4.59. The molecule has 4 unspecified atom stereocenters. The zero-order valence-electron chi connectivity index (χ0n) is 22.6. The molecule has 0 aliphatic carbocycles. The summed E-state index contributed by atoms with van der Waals surface area (Å²) in [6, 6.07) is 31.0. The minimum Gasteiger partial charge on any atom is -0.382 e. The minimum absolute atomic E-state index is 0.186. The zero-order chi connectivity index (χ0) is 26.1. The Balaban J connectivity index is 1.29. The fraction of sp³-hybridized carbons (Fsp3) is 0.306. The summed E-state index contributed by atoms with van der Waals surface area (Å²) in [5, 5.41) is 21.4. The second-order valence-corrected chi connectivity index (χ2v) is 12.2. The first-order chi connectivity index (χ1) is 19.1. The fourth-order valence-corrected chi connectivity index (χ4v) is 8.55. The molecule has 4 heterocycles. The van der Waals surface area contributed by atoms with Gasteiger partial charge in [-0.1, -0.05) is 73.7 Å². The quantitative estimate of drug-likeness (QED) is 0.188. The summed E-state index contributed by atoms with van der Waals surface area (Å²) in [6.45, 7) is 5.64. The highest BCUT2D eigenvalue weighted by molar-refractivity contribution is 6.23. The van der Waals surface area contributed by atoms with Crippen LogP contribution in [0, 0.1) is 11.8 Å². The predicted molar refractivity (Wildman–Crippen MR) is 161 cm³/mol. The average molecular weight is 512 g/mol. The summed E-state index contributed by atoms with van der Waals surface area (Å²) in [7, 11) is 0. The van der Waals surface area contributed by atoms with Crippen molar-refractivity contribution < 1.29 is 9.59 Å². The van der Waals surface area contributed by atoms with Crippen molar-refractivity contribution in [3.8, 4) is 0 Å². The molecule has 194 valence electrons. The third-order valence-corrected chi connectivity index (χ3v) is 10.4. The number of aliphatic hydroxyl groups is 1. The molecule has 0 radical (unpaired) electrons. The smallest absolute Gasteiger partial charge is 0.131 e. The molecule has 3 aliphatic rings. The Morgan fingerprint density at radius 2 is 1.64 bits per heavy atom. The van der Waals surface area contributed by atoms with Gasteiger partial charge in [-0.15, -0.1) is 0 Å². The summed E-state index contributed by atoms with van der Waals surface area (Å²) in [5.41, 5.74) is 3.44. The van der Waals surface area contributed by atoms with Crippen molar-refractivity contribution in [1.82, 2.24) is 4.98 Å². The number of para-hydroxylation sites is 1. The molecule has 5 aromatic carbocycles. The number of pyridine rings is 1. The van der Waals surface area contributed by atoms with Crippen LogP contribution in [0.1, 0.15) is 43.4 Å². The standard InChI is InChI=1S/C36H35N2O/c1-2-23-21-38(18-16-26(23)20-33(38)36(39)31-15-17-37-32-12-4-3-10-30(31)32)22-28-19-27-9-5-7-24-13-14-25-8-6-11-29(28)35(25)34(24)27/h3-15,17,19,23,26,33,36,39H,2,16,18,20-22H2,1H3/q+1/t23?,26?,33?,36-,38?/m0/s1. The van der Waals surface area contributed by atoms with Crippen LogP contribution in [0.15, 0.2) is 91.1 Å². The molecule has 9 rings (SSSR count). The molecule has 1 aromatic heterocycles. The highest BCUT2D eigenvalue weighted by Crippen LogP contribution is 2.49. The van der Waals surface area contributed by atoms with Gasteiger partial charge in [0.15, 0.2) is 0 Å². The second-order valence-electron chi connectivity index (χ2n) is 12.2. The van der Waals surface area contributed by atoms with Gasteiger partial charge in [-0.2, -0.15) is 0 Å². The highest BCUT2D eigenvalue weighted by Gasteiger charge is 2.54. The molecule has 1 N–H and O–H groups in total. The van der Waals surface area contributed by atoms with Crippen molar-refractivity contribution in [3.05, 3.63) is 102 Å². The van der Waals surface area contributed by atoms with Crippen LogP contribution in [-0.2, 0) is 6.54 Å². The normalized spacial score (nSPS) is 25.7. The van der Waals surface area contributed by atoms with Crippen LogP contribution in [0.3, 0.4) is 0 Å². The Bertz CT molecular complexity index is 1840. The molecule has 3 aliphatic heterocycles. The number of nitrogens with zero attached hydrogens (tertiary/aromatic N) is 2. The third-order valence-electron chi connectivity index (χ3n) is 10.4. The van der Waals surface area contributed by atoms with Gasteiger partial charge in [0.25, 0.3) is 0 Å². The van der Waals surface area contributed by atoms with E-state index < -0.39 is 6.10 Å². The van der Waals surface area contributed by atoms with E-state index in [9.17, 15) is 5.11 Å². The van der Waals surface area contributed by atoms with Crippen molar-refractivity contribution in [3.63, 3.8) is 0 Å². The monoisotopic (exact) mass is 511 g/mol. The number of fused-ring (bicyclic) bond motifs is 4. The molecule has 0 saturated carbocycles. The number of rotatable bonds is 5. The Morgan fingerprint density at radius 1 is 0.872 bits per heavy atom. The van der Waals surface area contributed by atoms with E-state index in [1.165, 1.54) is 50.7 Å². The zero-order valence-corrected chi connectivity index (χ0v) is 22.6. The lowest BCUT2D eigenvalue weighted by molar-refractivity contribution is -0.985. The van der Waals surface area contributed by atoms with Gasteiger partial charge in [0.1, 0.15) is 18.7 Å². The SMILES string of the molecule is CCC1C[N+]2(Cc3cc4cccc5ccc6cccc3c6c54)CCC1CC2[C@@H](O)c1ccnc2ccccc12. The van der Waals surface area contributed by atoms with E-state index in [0.717, 1.165) is 52.9 Å². The first-order valence-electron chi connectivity index (χ1n) is 14.7. The Morgan fingerprint density at radius 3 is 2.51 bits per heavy atom. The largest absolute Gasteiger partial charge is 0.382 e. The van der Waals surface area contributed by atoms with Crippen LogP contribution < -0.4 is 0 Å². The second kappa shape index (κ2) is 8.74. The molecule has 3 fully saturated rings. The number of benzene rings is 5. The van der Waals surface area contributed by atoms with Crippen LogP contribution in [0.25, 0.3) is 43.2 Å². The van der Waals surface area contributed by atoms with Crippen molar-refractivity contribution in [2.45, 2.75) is 44.9 Å². The summed E-state index contributed by atoms with van der Waals surface area (Å²) in [5.74, 6) is 1.44. The van der Waals surface area contributed by atoms with E-state index in [-0.39, 0.29) is 6.04 Å². The van der Waals surface area contributed by atoms with E-state index in [4.69, 9.17) is 0 Å². The molecule has 6 aromatic rings. The Kier molecular flexibility index (Phi) is 5.24. The molecule has 5 atom stereocenters. The number of hydrogen-bond acceptors (Lipinski definition) is 2. The molecule has 2 bridgehead atoms. The predicted octanol–water partition coefficient (Wildman–Crippen LogP) is 8.00. The van der Waals surface area contributed by atoms with E-state index in [0.29, 0.717) is 5.92 Å². The summed E-state index contributed by atoms with van der Waals surface area (Å²) in [6.07, 6.45) is 4.96. The summed E-state index contributed by atoms with van der Waals surface area (Å²) >= 11 is 0. The lowest BCUT2D eigenvalue weighted by Crippen LogP contribution is -2.67. The number of aromatic nitrogens is 1. The van der Waals surface area contributed by atoms with E-state index in [1.54, 1.807) is 0 Å². The molecule has 39 heavy (non-hydrogen) atoms. The van der Waals surface area contributed by atoms with Crippen molar-refractivity contribution in [2.24, 2.45) is 11.8 Å². The first kappa shape index (κ1) is 23.4. The number of aliphatic hydroxyl groups excluding tert-OH is 1. The van der Waals surface area contributed by atoms with Crippen molar-refractivity contribution in [2.75, 3.05) is 13.1 Å². The van der Waals surface area contributed by atoms with Gasteiger partial charge in [0.2, 0.25) is 0 Å². The maximum atomic E-state index is 12.2. The van der Waals surface area contributed by atoms with Crippen LogP contribution in [-0.4, -0.2) is 33.7 Å². The van der Waals surface area contributed by atoms with Gasteiger partial charge in [0, 0.05) is 35.9 Å². The van der Waals surface area contributed by atoms with E-state index in [1.807, 2.05) is 12.3 Å². The maximum Gasteiger partial charge on any atom is 0.131 e. The summed E-state index contributed by atoms with van der Waals surface area (Å²) < 4.78 is 0.979. The Labute approximate surface area is 229 Å². The van der Waals surface area contributed by atoms with Gasteiger partial charge >= 0.3 is 0 Å². The van der Waals surface area contributed by atoms with E-state index in [2.05, 4.69) is 90.8 Å². The minimum atomic E-state index is -0.505. The topological polar surface area (TPSA) is 33.1 Å². The van der Waals surface area contributed by atoms with Gasteiger partial charge in [-0.3, -0.25) is 4.98 Å². The fourth-order valence-electron chi connectivity index (χ4n) is 8.55. The third kappa shape index (κ3) is 3.46. The highest BCUT2D eigenvalue weighted by atomic mass is 16.3. The molecule has 0 amide bonds. The molecular formula is C36H35N2O+. The molecule has 3 saturated heterocycles. The lowest BCUT2D eigenvalue weighted by Gasteiger charge is -2.58. The number of hydrogen-bond donors (Lipinski definition) is 1. The maximum absolute atomic E-state index is 12.2. The van der Waals surface area contributed by atoms with Gasteiger partial charge in [0.05, 0.1) is 18.6 Å². The van der Waals surface area contributed by atoms with Crippen molar-refractivity contribution >= 4 is 43.2 Å². The van der Waals surface area contributed by atoms with Gasteiger partial charge in [-0.05, 0) is 68.4 Å². The number of piperidine rings is 3. The molecule has 0 spiro atoms. The van der Waals surface area contributed by atoms with Crippen LogP contribution in [0.4, 0.5) is 0 Å². The van der Waals surface area contributed by atoms with Gasteiger partial charge in [-0.25, -0.2) is 0 Å². The lowest BCUT2D eigenvalue weighted by atomic mass is 9.70. The first-order valence-corrected chi connectivity index (χ1v) is 14.7. The van der Waals surface area contributed by atoms with Crippen molar-refractivity contribution in [1.29, 1.82) is 0 Å². The molecule has 3 heteroatoms.